The van der Waals surface area contributed by atoms with Crippen molar-refractivity contribution >= 4 is 0 Å². The molecule has 1 unspecified atom stereocenters. The standard InChI is InChI=1S/C16H21N/c1-6-11-16(5,12-17)14-9-7-13(8-10-14)15(2,3)4/h6-10H,1,11H2,2-5H3. The van der Waals surface area contributed by atoms with E-state index in [1.807, 2.05) is 6.92 Å². The molecule has 17 heavy (non-hydrogen) atoms. The van der Waals surface area contributed by atoms with Gasteiger partial charge in [-0.1, -0.05) is 51.1 Å². The minimum absolute atomic E-state index is 0.153. The summed E-state index contributed by atoms with van der Waals surface area (Å²) in [6.07, 6.45) is 2.49. The van der Waals surface area contributed by atoms with E-state index in [4.69, 9.17) is 0 Å². The van der Waals surface area contributed by atoms with Crippen molar-refractivity contribution in [3.63, 3.8) is 0 Å². The first-order valence-electron chi connectivity index (χ1n) is 5.97. The van der Waals surface area contributed by atoms with Gasteiger partial charge >= 0.3 is 0 Å². The van der Waals surface area contributed by atoms with Crippen molar-refractivity contribution in [2.45, 2.75) is 44.9 Å². The van der Waals surface area contributed by atoms with Gasteiger partial charge in [0.2, 0.25) is 0 Å². The Balaban J connectivity index is 3.10. The zero-order chi connectivity index (χ0) is 13.1. The molecule has 1 atom stereocenters. The number of hydrogen-bond acceptors (Lipinski definition) is 1. The van der Waals surface area contributed by atoms with E-state index >= 15 is 0 Å². The van der Waals surface area contributed by atoms with Crippen LogP contribution in [-0.2, 0) is 10.8 Å². The van der Waals surface area contributed by atoms with Crippen molar-refractivity contribution < 1.29 is 0 Å². The second-order valence-electron chi connectivity index (χ2n) is 5.76. The maximum absolute atomic E-state index is 9.30. The van der Waals surface area contributed by atoms with Crippen molar-refractivity contribution in [2.75, 3.05) is 0 Å². The summed E-state index contributed by atoms with van der Waals surface area (Å²) in [6, 6.07) is 10.7. The predicted molar refractivity (Wildman–Crippen MR) is 72.9 cm³/mol. The van der Waals surface area contributed by atoms with Crippen LogP contribution in [0.15, 0.2) is 36.9 Å². The fraction of sp³-hybridized carbons (Fsp3) is 0.438. The van der Waals surface area contributed by atoms with Gasteiger partial charge in [-0.2, -0.15) is 5.26 Å². The molecule has 0 aliphatic rings. The van der Waals surface area contributed by atoms with Gasteiger partial charge in [0.15, 0.2) is 0 Å². The summed E-state index contributed by atoms with van der Waals surface area (Å²) in [6.45, 7) is 12.3. The summed E-state index contributed by atoms with van der Waals surface area (Å²) < 4.78 is 0. The summed E-state index contributed by atoms with van der Waals surface area (Å²) in [5.41, 5.74) is 2.05. The molecule has 1 aromatic rings. The normalized spacial score (nSPS) is 14.8. The van der Waals surface area contributed by atoms with Crippen molar-refractivity contribution in [1.82, 2.24) is 0 Å². The highest BCUT2D eigenvalue weighted by Crippen LogP contribution is 2.30. The average molecular weight is 227 g/mol. The number of nitrogens with zero attached hydrogens (tertiary/aromatic N) is 1. The first kappa shape index (κ1) is 13.5. The van der Waals surface area contributed by atoms with Crippen LogP contribution >= 0.6 is 0 Å². The highest BCUT2D eigenvalue weighted by Gasteiger charge is 2.25. The Kier molecular flexibility index (Phi) is 3.78. The van der Waals surface area contributed by atoms with Crippen LogP contribution in [-0.4, -0.2) is 0 Å². The monoisotopic (exact) mass is 227 g/mol. The van der Waals surface area contributed by atoms with Gasteiger partial charge in [0.05, 0.1) is 11.5 Å². The minimum Gasteiger partial charge on any atom is -0.197 e. The van der Waals surface area contributed by atoms with Gasteiger partial charge in [-0.25, -0.2) is 0 Å². The molecule has 0 saturated heterocycles. The molecule has 1 aromatic carbocycles. The van der Waals surface area contributed by atoms with Crippen LogP contribution in [0, 0.1) is 11.3 Å². The first-order valence-corrected chi connectivity index (χ1v) is 5.97. The van der Waals surface area contributed by atoms with E-state index in [0.717, 1.165) is 5.56 Å². The van der Waals surface area contributed by atoms with Crippen molar-refractivity contribution in [2.24, 2.45) is 0 Å². The summed E-state index contributed by atoms with van der Waals surface area (Å²) in [7, 11) is 0. The zero-order valence-electron chi connectivity index (χ0n) is 11.2. The molecule has 0 aliphatic heterocycles. The Bertz CT molecular complexity index is 428. The van der Waals surface area contributed by atoms with Crippen molar-refractivity contribution in [1.29, 1.82) is 5.26 Å². The number of nitriles is 1. The van der Waals surface area contributed by atoms with Crippen LogP contribution < -0.4 is 0 Å². The fourth-order valence-electron chi connectivity index (χ4n) is 1.85. The quantitative estimate of drug-likeness (QED) is 0.705. The molecule has 0 saturated carbocycles. The van der Waals surface area contributed by atoms with E-state index in [0.29, 0.717) is 6.42 Å². The number of allylic oxidation sites excluding steroid dienone is 1. The highest BCUT2D eigenvalue weighted by atomic mass is 14.4. The van der Waals surface area contributed by atoms with Crippen LogP contribution in [0.5, 0.6) is 0 Å². The Labute approximate surface area is 105 Å². The smallest absolute Gasteiger partial charge is 0.0828 e. The molecule has 1 nitrogen and oxygen atoms in total. The van der Waals surface area contributed by atoms with E-state index in [2.05, 4.69) is 57.7 Å². The molecule has 0 aromatic heterocycles. The third-order valence-electron chi connectivity index (χ3n) is 3.19. The van der Waals surface area contributed by atoms with Gasteiger partial charge in [0.1, 0.15) is 0 Å². The molecule has 0 heterocycles. The van der Waals surface area contributed by atoms with E-state index in [-0.39, 0.29) is 5.41 Å². The maximum Gasteiger partial charge on any atom is 0.0828 e. The number of rotatable bonds is 3. The molecule has 1 heteroatoms. The molecular weight excluding hydrogens is 206 g/mol. The van der Waals surface area contributed by atoms with Crippen molar-refractivity contribution in [3.8, 4) is 6.07 Å². The average Bonchev–Trinajstić information content (AvgIpc) is 2.28. The Morgan fingerprint density at radius 2 is 1.59 bits per heavy atom. The van der Waals surface area contributed by atoms with Crippen LogP contribution in [0.25, 0.3) is 0 Å². The summed E-state index contributed by atoms with van der Waals surface area (Å²) in [4.78, 5) is 0. The molecule has 0 fully saturated rings. The minimum atomic E-state index is -0.460. The van der Waals surface area contributed by atoms with Gasteiger partial charge in [0.25, 0.3) is 0 Å². The van der Waals surface area contributed by atoms with Crippen LogP contribution in [0.4, 0.5) is 0 Å². The number of benzene rings is 1. The van der Waals surface area contributed by atoms with Gasteiger partial charge in [0, 0.05) is 0 Å². The molecule has 0 radical (unpaired) electrons. The molecule has 0 spiro atoms. The van der Waals surface area contributed by atoms with E-state index in [1.54, 1.807) is 6.08 Å². The third-order valence-corrected chi connectivity index (χ3v) is 3.19. The Hall–Kier alpha value is -1.55. The van der Waals surface area contributed by atoms with Gasteiger partial charge in [-0.05, 0) is 29.9 Å². The van der Waals surface area contributed by atoms with Crippen LogP contribution in [0.2, 0.25) is 0 Å². The van der Waals surface area contributed by atoms with E-state index < -0.39 is 5.41 Å². The molecular formula is C16H21N. The van der Waals surface area contributed by atoms with Gasteiger partial charge in [-0.15, -0.1) is 6.58 Å². The summed E-state index contributed by atoms with van der Waals surface area (Å²) in [5.74, 6) is 0. The molecule has 0 bridgehead atoms. The van der Waals surface area contributed by atoms with E-state index in [9.17, 15) is 5.26 Å². The summed E-state index contributed by atoms with van der Waals surface area (Å²) >= 11 is 0. The maximum atomic E-state index is 9.30. The predicted octanol–water partition coefficient (Wildman–Crippen LogP) is 4.34. The fourth-order valence-corrected chi connectivity index (χ4v) is 1.85. The Morgan fingerprint density at radius 1 is 1.12 bits per heavy atom. The largest absolute Gasteiger partial charge is 0.197 e. The second kappa shape index (κ2) is 4.75. The molecule has 0 aliphatic carbocycles. The highest BCUT2D eigenvalue weighted by molar-refractivity contribution is 5.36. The molecule has 90 valence electrons. The van der Waals surface area contributed by atoms with Crippen LogP contribution in [0.3, 0.4) is 0 Å². The Morgan fingerprint density at radius 3 is 1.94 bits per heavy atom. The van der Waals surface area contributed by atoms with E-state index in [1.165, 1.54) is 5.56 Å². The SMILES string of the molecule is C=CCC(C)(C#N)c1ccc(C(C)(C)C)cc1. The lowest BCUT2D eigenvalue weighted by Gasteiger charge is -2.23. The van der Waals surface area contributed by atoms with Gasteiger partial charge < -0.3 is 0 Å². The zero-order valence-corrected chi connectivity index (χ0v) is 11.2. The molecule has 1 rings (SSSR count). The van der Waals surface area contributed by atoms with Gasteiger partial charge in [-0.3, -0.25) is 0 Å². The molecule has 0 N–H and O–H groups in total. The van der Waals surface area contributed by atoms with Crippen molar-refractivity contribution in [3.05, 3.63) is 48.0 Å². The third kappa shape index (κ3) is 2.97. The lowest BCUT2D eigenvalue weighted by molar-refractivity contribution is 0.585. The summed E-state index contributed by atoms with van der Waals surface area (Å²) in [5, 5.41) is 9.30. The first-order chi connectivity index (χ1) is 7.83. The van der Waals surface area contributed by atoms with Crippen LogP contribution in [0.1, 0.15) is 45.2 Å². The second-order valence-corrected chi connectivity index (χ2v) is 5.76. The topological polar surface area (TPSA) is 23.8 Å². The number of hydrogen-bond donors (Lipinski definition) is 0. The lowest BCUT2D eigenvalue weighted by atomic mass is 9.79. The lowest BCUT2D eigenvalue weighted by Crippen LogP contribution is -2.19. The molecule has 0 amide bonds.